The number of aromatic nitrogens is 1. The van der Waals surface area contributed by atoms with Gasteiger partial charge in [-0.15, -0.1) is 11.3 Å². The number of carbonyl (C=O) groups is 2. The number of anilines is 2. The van der Waals surface area contributed by atoms with Gasteiger partial charge in [0.2, 0.25) is 5.91 Å². The third-order valence-corrected chi connectivity index (χ3v) is 3.09. The minimum absolute atomic E-state index is 0.00780. The van der Waals surface area contributed by atoms with E-state index in [1.807, 2.05) is 0 Å². The molecule has 0 radical (unpaired) electrons. The Labute approximate surface area is 117 Å². The summed E-state index contributed by atoms with van der Waals surface area (Å²) < 4.78 is 0. The molecular weight excluding hydrogens is 282 g/mol. The van der Waals surface area contributed by atoms with E-state index in [4.69, 9.17) is 5.11 Å². The van der Waals surface area contributed by atoms with Crippen LogP contribution in [0.3, 0.4) is 0 Å². The van der Waals surface area contributed by atoms with E-state index in [-0.39, 0.29) is 23.2 Å². The van der Waals surface area contributed by atoms with Crippen molar-refractivity contribution in [2.45, 2.75) is 6.42 Å². The Bertz CT molecular complexity index is 641. The van der Waals surface area contributed by atoms with Crippen molar-refractivity contribution >= 4 is 34.2 Å². The molecule has 0 fully saturated rings. The van der Waals surface area contributed by atoms with Crippen LogP contribution in [0.1, 0.15) is 5.69 Å². The van der Waals surface area contributed by atoms with E-state index in [9.17, 15) is 14.7 Å². The highest BCUT2D eigenvalue weighted by Gasteiger charge is 2.10. The van der Waals surface area contributed by atoms with Crippen LogP contribution in [0.25, 0.3) is 0 Å². The smallest absolute Gasteiger partial charge is 0.410 e. The molecule has 8 heteroatoms. The number of carboxylic acid groups (broad SMARTS) is 1. The van der Waals surface area contributed by atoms with Gasteiger partial charge in [-0.2, -0.15) is 0 Å². The molecule has 2 amide bonds. The van der Waals surface area contributed by atoms with Crippen LogP contribution < -0.4 is 10.6 Å². The summed E-state index contributed by atoms with van der Waals surface area (Å²) in [6, 6.07) is 6.38. The summed E-state index contributed by atoms with van der Waals surface area (Å²) in [5, 5.41) is 24.5. The number of aromatic hydroxyl groups is 1. The summed E-state index contributed by atoms with van der Waals surface area (Å²) in [5.74, 6) is -0.369. The van der Waals surface area contributed by atoms with Crippen molar-refractivity contribution in [3.63, 3.8) is 0 Å². The Morgan fingerprint density at radius 3 is 2.70 bits per heavy atom. The number of amides is 2. The Kier molecular flexibility index (Phi) is 4.16. The second-order valence-corrected chi connectivity index (χ2v) is 4.67. The molecule has 7 nitrogen and oxygen atoms in total. The van der Waals surface area contributed by atoms with Gasteiger partial charge in [0.05, 0.1) is 17.8 Å². The predicted molar refractivity (Wildman–Crippen MR) is 74.2 cm³/mol. The van der Waals surface area contributed by atoms with Crippen molar-refractivity contribution < 1.29 is 19.8 Å². The molecule has 20 heavy (non-hydrogen) atoms. The number of phenolic OH excluding ortho intramolecular Hbond substituents is 1. The highest BCUT2D eigenvalue weighted by atomic mass is 32.1. The van der Waals surface area contributed by atoms with Crippen LogP contribution in [0.5, 0.6) is 5.75 Å². The first-order chi connectivity index (χ1) is 9.54. The van der Waals surface area contributed by atoms with Gasteiger partial charge in [0.25, 0.3) is 0 Å². The van der Waals surface area contributed by atoms with E-state index in [0.29, 0.717) is 11.4 Å². The van der Waals surface area contributed by atoms with Crippen LogP contribution in [0.15, 0.2) is 29.6 Å². The molecule has 1 aromatic heterocycles. The Balaban J connectivity index is 1.96. The normalized spacial score (nSPS) is 10.0. The number of nitrogens with zero attached hydrogens (tertiary/aromatic N) is 1. The van der Waals surface area contributed by atoms with E-state index in [0.717, 1.165) is 11.3 Å². The van der Waals surface area contributed by atoms with Crippen LogP contribution in [0.4, 0.5) is 15.6 Å². The van der Waals surface area contributed by atoms with Gasteiger partial charge < -0.3 is 15.5 Å². The fourth-order valence-corrected chi connectivity index (χ4v) is 2.18. The monoisotopic (exact) mass is 293 g/mol. The van der Waals surface area contributed by atoms with Gasteiger partial charge in [0.1, 0.15) is 5.75 Å². The van der Waals surface area contributed by atoms with Crippen LogP contribution in [-0.2, 0) is 11.2 Å². The number of thiazole rings is 1. The number of carbonyl (C=O) groups excluding carboxylic acids is 1. The summed E-state index contributed by atoms with van der Waals surface area (Å²) in [5.41, 5.74) is 0.767. The lowest BCUT2D eigenvalue weighted by molar-refractivity contribution is -0.115. The third-order valence-electron chi connectivity index (χ3n) is 2.29. The minimum Gasteiger partial charge on any atom is -0.506 e. The fourth-order valence-electron chi connectivity index (χ4n) is 1.48. The van der Waals surface area contributed by atoms with Crippen molar-refractivity contribution in [2.75, 3.05) is 10.6 Å². The number of nitrogens with one attached hydrogen (secondary N) is 2. The molecule has 0 saturated carbocycles. The number of benzene rings is 1. The number of hydrogen-bond donors (Lipinski definition) is 4. The van der Waals surface area contributed by atoms with Gasteiger partial charge >= 0.3 is 6.09 Å². The standard InChI is InChI=1S/C12H11N3O4S/c16-9-4-2-1-3-8(9)14-10(17)5-7-6-20-11(13-7)15-12(18)19/h1-4,6,16H,5H2,(H,13,15)(H,14,17)(H,18,19). The van der Waals surface area contributed by atoms with Crippen LogP contribution in [0, 0.1) is 0 Å². The zero-order valence-electron chi connectivity index (χ0n) is 10.2. The van der Waals surface area contributed by atoms with Gasteiger partial charge in [-0.25, -0.2) is 9.78 Å². The van der Waals surface area contributed by atoms with Crippen molar-refractivity contribution in [2.24, 2.45) is 0 Å². The molecule has 0 aliphatic rings. The van der Waals surface area contributed by atoms with Crippen LogP contribution in [-0.4, -0.2) is 27.2 Å². The third kappa shape index (κ3) is 3.69. The first-order valence-electron chi connectivity index (χ1n) is 5.57. The predicted octanol–water partition coefficient (Wildman–Crippen LogP) is 2.12. The lowest BCUT2D eigenvalue weighted by Gasteiger charge is -2.05. The average molecular weight is 293 g/mol. The van der Waals surface area contributed by atoms with Crippen molar-refractivity contribution in [1.82, 2.24) is 4.98 Å². The topological polar surface area (TPSA) is 112 Å². The molecule has 0 atom stereocenters. The molecule has 0 unspecified atom stereocenters. The first-order valence-corrected chi connectivity index (χ1v) is 6.45. The maximum atomic E-state index is 11.8. The summed E-state index contributed by atoms with van der Waals surface area (Å²) in [6.07, 6.45) is -1.21. The van der Waals surface area contributed by atoms with Gasteiger partial charge in [-0.05, 0) is 12.1 Å². The van der Waals surface area contributed by atoms with Crippen LogP contribution in [0.2, 0.25) is 0 Å². The Morgan fingerprint density at radius 1 is 1.25 bits per heavy atom. The summed E-state index contributed by atoms with van der Waals surface area (Å²) in [7, 11) is 0. The number of phenols is 1. The maximum Gasteiger partial charge on any atom is 0.410 e. The van der Waals surface area contributed by atoms with Crippen LogP contribution >= 0.6 is 11.3 Å². The number of rotatable bonds is 4. The van der Waals surface area contributed by atoms with Crippen molar-refractivity contribution in [1.29, 1.82) is 0 Å². The molecule has 0 saturated heterocycles. The van der Waals surface area contributed by atoms with Gasteiger partial charge in [0.15, 0.2) is 5.13 Å². The van der Waals surface area contributed by atoms with Gasteiger partial charge in [-0.3, -0.25) is 10.1 Å². The van der Waals surface area contributed by atoms with Gasteiger partial charge in [-0.1, -0.05) is 12.1 Å². The summed E-state index contributed by atoms with van der Waals surface area (Å²) >= 11 is 1.10. The molecule has 1 aromatic carbocycles. The highest BCUT2D eigenvalue weighted by Crippen LogP contribution is 2.22. The molecule has 4 N–H and O–H groups in total. The lowest BCUT2D eigenvalue weighted by atomic mass is 10.2. The Morgan fingerprint density at radius 2 is 2.00 bits per heavy atom. The zero-order chi connectivity index (χ0) is 14.5. The van der Waals surface area contributed by atoms with E-state index in [1.54, 1.807) is 23.6 Å². The zero-order valence-corrected chi connectivity index (χ0v) is 11.0. The molecule has 2 rings (SSSR count). The molecule has 2 aromatic rings. The van der Waals surface area contributed by atoms with Crippen molar-refractivity contribution in [3.8, 4) is 5.75 Å². The highest BCUT2D eigenvalue weighted by molar-refractivity contribution is 7.13. The molecular formula is C12H11N3O4S. The largest absolute Gasteiger partial charge is 0.506 e. The maximum absolute atomic E-state index is 11.8. The molecule has 0 aliphatic heterocycles. The van der Waals surface area contributed by atoms with E-state index in [1.165, 1.54) is 6.07 Å². The summed E-state index contributed by atoms with van der Waals surface area (Å²) in [6.45, 7) is 0. The van der Waals surface area contributed by atoms with Crippen molar-refractivity contribution in [3.05, 3.63) is 35.3 Å². The second kappa shape index (κ2) is 6.02. The SMILES string of the molecule is O=C(O)Nc1nc(CC(=O)Nc2ccccc2O)cs1. The number of para-hydroxylation sites is 2. The summed E-state index contributed by atoms with van der Waals surface area (Å²) in [4.78, 5) is 26.2. The molecule has 0 aliphatic carbocycles. The molecule has 0 bridgehead atoms. The Hall–Kier alpha value is -2.61. The van der Waals surface area contributed by atoms with E-state index < -0.39 is 6.09 Å². The molecule has 0 spiro atoms. The molecule has 104 valence electrons. The lowest BCUT2D eigenvalue weighted by Crippen LogP contribution is -2.15. The second-order valence-electron chi connectivity index (χ2n) is 3.82. The van der Waals surface area contributed by atoms with E-state index in [2.05, 4.69) is 15.6 Å². The minimum atomic E-state index is -1.20. The first kappa shape index (κ1) is 13.8. The quantitative estimate of drug-likeness (QED) is 0.645. The fraction of sp³-hybridized carbons (Fsp3) is 0.0833. The number of hydrogen-bond acceptors (Lipinski definition) is 5. The van der Waals surface area contributed by atoms with Gasteiger partial charge in [0, 0.05) is 5.38 Å². The van der Waals surface area contributed by atoms with E-state index >= 15 is 0 Å². The average Bonchev–Trinajstić information content (AvgIpc) is 2.78. The molecule has 1 heterocycles.